The fourth-order valence-electron chi connectivity index (χ4n) is 2.08. The zero-order chi connectivity index (χ0) is 9.64. The van der Waals surface area contributed by atoms with Crippen molar-refractivity contribution in [1.82, 2.24) is 5.16 Å². The summed E-state index contributed by atoms with van der Waals surface area (Å²) in [5.74, 6) is 1.08. The third kappa shape index (κ3) is 2.86. The van der Waals surface area contributed by atoms with Gasteiger partial charge in [0.05, 0.1) is 5.69 Å². The molecule has 78 valence electrons. The average Bonchev–Trinajstić information content (AvgIpc) is 2.61. The molecule has 2 nitrogen and oxygen atoms in total. The van der Waals surface area contributed by atoms with Gasteiger partial charge in [-0.3, -0.25) is 0 Å². The molecule has 0 saturated carbocycles. The van der Waals surface area contributed by atoms with Crippen LogP contribution in [0.1, 0.15) is 56.4 Å². The minimum Gasteiger partial charge on any atom is -0.361 e. The highest BCUT2D eigenvalue weighted by atomic mass is 16.5. The summed E-state index contributed by atoms with van der Waals surface area (Å²) in [6.45, 7) is 0. The van der Waals surface area contributed by atoms with Crippen LogP contribution in [0.2, 0.25) is 0 Å². The number of aryl methyl sites for hydroxylation is 2. The van der Waals surface area contributed by atoms with Gasteiger partial charge in [0.15, 0.2) is 0 Å². The first-order chi connectivity index (χ1) is 6.95. The van der Waals surface area contributed by atoms with E-state index >= 15 is 0 Å². The summed E-state index contributed by atoms with van der Waals surface area (Å²) in [5.41, 5.74) is 1.15. The van der Waals surface area contributed by atoms with E-state index in [-0.39, 0.29) is 0 Å². The van der Waals surface area contributed by atoms with E-state index in [0.717, 1.165) is 24.3 Å². The highest BCUT2D eigenvalue weighted by Crippen LogP contribution is 2.15. The van der Waals surface area contributed by atoms with E-state index in [2.05, 4.69) is 11.2 Å². The Labute approximate surface area is 85.7 Å². The van der Waals surface area contributed by atoms with Gasteiger partial charge in [-0.1, -0.05) is 37.3 Å². The van der Waals surface area contributed by atoms with Gasteiger partial charge in [0.1, 0.15) is 5.76 Å². The Morgan fingerprint density at radius 2 is 1.50 bits per heavy atom. The molecule has 1 aromatic heterocycles. The molecular formula is C12H19NO. The van der Waals surface area contributed by atoms with Gasteiger partial charge in [0.25, 0.3) is 0 Å². The Morgan fingerprint density at radius 3 is 2.29 bits per heavy atom. The third-order valence-electron chi connectivity index (χ3n) is 2.96. The van der Waals surface area contributed by atoms with Crippen molar-refractivity contribution >= 4 is 0 Å². The van der Waals surface area contributed by atoms with Crippen molar-refractivity contribution in [2.24, 2.45) is 0 Å². The van der Waals surface area contributed by atoms with Crippen LogP contribution >= 0.6 is 0 Å². The van der Waals surface area contributed by atoms with Crippen LogP contribution in [0.25, 0.3) is 0 Å². The second-order valence-corrected chi connectivity index (χ2v) is 4.26. The number of rotatable bonds is 0. The molecule has 1 aromatic rings. The minimum atomic E-state index is 1.08. The molecule has 14 heavy (non-hydrogen) atoms. The maximum absolute atomic E-state index is 5.28. The molecule has 2 heteroatoms. The summed E-state index contributed by atoms with van der Waals surface area (Å²) in [5, 5.41) is 4.09. The molecule has 1 aliphatic rings. The van der Waals surface area contributed by atoms with Crippen LogP contribution in [0.15, 0.2) is 10.6 Å². The molecule has 0 radical (unpaired) electrons. The zero-order valence-electron chi connectivity index (χ0n) is 8.80. The van der Waals surface area contributed by atoms with Gasteiger partial charge in [-0.25, -0.2) is 0 Å². The van der Waals surface area contributed by atoms with Gasteiger partial charge in [0, 0.05) is 12.5 Å². The second kappa shape index (κ2) is 5.18. The molecule has 0 aromatic carbocycles. The molecule has 0 unspecified atom stereocenters. The van der Waals surface area contributed by atoms with Gasteiger partial charge in [-0.15, -0.1) is 0 Å². The monoisotopic (exact) mass is 193 g/mol. The molecular weight excluding hydrogens is 174 g/mol. The summed E-state index contributed by atoms with van der Waals surface area (Å²) in [4.78, 5) is 0. The van der Waals surface area contributed by atoms with E-state index < -0.39 is 0 Å². The van der Waals surface area contributed by atoms with Crippen molar-refractivity contribution in [3.8, 4) is 0 Å². The van der Waals surface area contributed by atoms with Crippen molar-refractivity contribution < 1.29 is 4.52 Å². The first-order valence-corrected chi connectivity index (χ1v) is 5.89. The predicted molar refractivity (Wildman–Crippen MR) is 56.2 cm³/mol. The number of nitrogens with zero attached hydrogens (tertiary/aromatic N) is 1. The van der Waals surface area contributed by atoms with Gasteiger partial charge >= 0.3 is 0 Å². The van der Waals surface area contributed by atoms with Crippen LogP contribution in [0.5, 0.6) is 0 Å². The fraction of sp³-hybridized carbons (Fsp3) is 0.750. The van der Waals surface area contributed by atoms with Crippen LogP contribution in [-0.2, 0) is 12.8 Å². The Bertz CT molecular complexity index is 243. The van der Waals surface area contributed by atoms with Crippen LogP contribution in [0, 0.1) is 0 Å². The van der Waals surface area contributed by atoms with Crippen LogP contribution < -0.4 is 0 Å². The Hall–Kier alpha value is -0.790. The van der Waals surface area contributed by atoms with E-state index in [1.54, 1.807) is 0 Å². The van der Waals surface area contributed by atoms with E-state index in [1.165, 1.54) is 44.9 Å². The molecule has 0 spiro atoms. The van der Waals surface area contributed by atoms with Crippen LogP contribution in [-0.4, -0.2) is 5.16 Å². The highest BCUT2D eigenvalue weighted by Gasteiger charge is 2.05. The third-order valence-corrected chi connectivity index (χ3v) is 2.96. The van der Waals surface area contributed by atoms with E-state index in [4.69, 9.17) is 4.52 Å². The van der Waals surface area contributed by atoms with Crippen molar-refractivity contribution in [2.75, 3.05) is 0 Å². The Morgan fingerprint density at radius 1 is 0.857 bits per heavy atom. The Kier molecular flexibility index (Phi) is 3.61. The van der Waals surface area contributed by atoms with E-state index in [1.807, 2.05) is 0 Å². The van der Waals surface area contributed by atoms with Crippen molar-refractivity contribution in [2.45, 2.75) is 57.8 Å². The standard InChI is InChI=1S/C12H19NO/c1-2-4-6-8-11-10-12(14-13-11)9-7-5-3-1/h10H,1-9H2. The normalized spacial score (nSPS) is 19.7. The number of hydrogen-bond acceptors (Lipinski definition) is 2. The average molecular weight is 193 g/mol. The molecule has 1 aliphatic carbocycles. The molecule has 0 atom stereocenters. The van der Waals surface area contributed by atoms with Crippen LogP contribution in [0.4, 0.5) is 0 Å². The molecule has 0 N–H and O–H groups in total. The summed E-state index contributed by atoms with van der Waals surface area (Å²) >= 11 is 0. The van der Waals surface area contributed by atoms with Gasteiger partial charge < -0.3 is 4.52 Å². The predicted octanol–water partition coefficient (Wildman–Crippen LogP) is 3.50. The zero-order valence-corrected chi connectivity index (χ0v) is 8.80. The fourth-order valence-corrected chi connectivity index (χ4v) is 2.08. The summed E-state index contributed by atoms with van der Waals surface area (Å²) < 4.78 is 5.28. The topological polar surface area (TPSA) is 26.0 Å². The van der Waals surface area contributed by atoms with Crippen molar-refractivity contribution in [3.63, 3.8) is 0 Å². The van der Waals surface area contributed by atoms with Gasteiger partial charge in [-0.05, 0) is 19.3 Å². The molecule has 0 amide bonds. The maximum atomic E-state index is 5.28. The lowest BCUT2D eigenvalue weighted by molar-refractivity contribution is 0.373. The molecule has 0 aliphatic heterocycles. The lowest BCUT2D eigenvalue weighted by Gasteiger charge is -2.01. The molecule has 1 heterocycles. The van der Waals surface area contributed by atoms with E-state index in [9.17, 15) is 0 Å². The molecule has 0 saturated heterocycles. The quantitative estimate of drug-likeness (QED) is 0.630. The smallest absolute Gasteiger partial charge is 0.137 e. The molecule has 2 bridgehead atoms. The largest absolute Gasteiger partial charge is 0.361 e. The first kappa shape index (κ1) is 9.75. The van der Waals surface area contributed by atoms with E-state index in [0.29, 0.717) is 0 Å². The minimum absolute atomic E-state index is 1.08. The highest BCUT2D eigenvalue weighted by molar-refractivity contribution is 5.05. The lowest BCUT2D eigenvalue weighted by Crippen LogP contribution is -1.88. The summed E-state index contributed by atoms with van der Waals surface area (Å²) in [6, 6.07) is 2.14. The van der Waals surface area contributed by atoms with Crippen LogP contribution in [0.3, 0.4) is 0 Å². The SMILES string of the molecule is c1c2noc1CCCCCCCCC2. The summed E-state index contributed by atoms with van der Waals surface area (Å²) in [6.07, 6.45) is 11.6. The molecule has 2 rings (SSSR count). The second-order valence-electron chi connectivity index (χ2n) is 4.26. The molecule has 0 fully saturated rings. The summed E-state index contributed by atoms with van der Waals surface area (Å²) in [7, 11) is 0. The number of hydrogen-bond donors (Lipinski definition) is 0. The van der Waals surface area contributed by atoms with Gasteiger partial charge in [-0.2, -0.15) is 0 Å². The maximum Gasteiger partial charge on any atom is 0.137 e. The van der Waals surface area contributed by atoms with Crippen molar-refractivity contribution in [3.05, 3.63) is 17.5 Å². The Balaban J connectivity index is 1.93. The lowest BCUT2D eigenvalue weighted by atomic mass is 10.0. The van der Waals surface area contributed by atoms with Crippen molar-refractivity contribution in [1.29, 1.82) is 0 Å². The number of fused-ring (bicyclic) bond motifs is 2. The first-order valence-electron chi connectivity index (χ1n) is 5.89. The van der Waals surface area contributed by atoms with Gasteiger partial charge in [0.2, 0.25) is 0 Å². The number of aromatic nitrogens is 1.